The third-order valence-electron chi connectivity index (χ3n) is 5.36. The third kappa shape index (κ3) is 4.05. The van der Waals surface area contributed by atoms with Crippen molar-refractivity contribution in [2.45, 2.75) is 13.5 Å². The second kappa shape index (κ2) is 8.40. The molecule has 32 heavy (non-hydrogen) atoms. The van der Waals surface area contributed by atoms with E-state index in [1.807, 2.05) is 61.5 Å². The number of methoxy groups -OCH3 is 1. The molecule has 4 aromatic rings. The van der Waals surface area contributed by atoms with Crippen LogP contribution >= 0.6 is 0 Å². The number of rotatable bonds is 6. The van der Waals surface area contributed by atoms with Crippen LogP contribution < -0.4 is 9.46 Å². The van der Waals surface area contributed by atoms with E-state index in [9.17, 15) is 13.7 Å². The van der Waals surface area contributed by atoms with Gasteiger partial charge in [0.15, 0.2) is 0 Å². The minimum Gasteiger partial charge on any atom is -0.497 e. The Morgan fingerprint density at radius 1 is 1.00 bits per heavy atom. The summed E-state index contributed by atoms with van der Waals surface area (Å²) >= 11 is 0. The van der Waals surface area contributed by atoms with Gasteiger partial charge >= 0.3 is 0 Å². The third-order valence-corrected chi connectivity index (χ3v) is 5.96. The first-order valence-corrected chi connectivity index (χ1v) is 12.0. The van der Waals surface area contributed by atoms with Crippen LogP contribution in [0.4, 0.5) is 5.69 Å². The van der Waals surface area contributed by atoms with Crippen LogP contribution in [0, 0.1) is 11.3 Å². The molecule has 0 saturated carbocycles. The molecule has 0 aliphatic carbocycles. The molecule has 1 aromatic heterocycles. The van der Waals surface area contributed by atoms with E-state index >= 15 is 0 Å². The molecule has 0 aliphatic rings. The summed E-state index contributed by atoms with van der Waals surface area (Å²) in [6.07, 6.45) is 1.11. The molecule has 0 amide bonds. The number of nitrogens with one attached hydrogen (secondary N) is 1. The monoisotopic (exact) mass is 445 g/mol. The van der Waals surface area contributed by atoms with Crippen molar-refractivity contribution in [3.8, 4) is 34.2 Å². The Hall–Kier alpha value is -3.76. The summed E-state index contributed by atoms with van der Waals surface area (Å²) in [4.78, 5) is 0. The predicted octanol–water partition coefficient (Wildman–Crippen LogP) is 5.25. The Kier molecular flexibility index (Phi) is 5.64. The van der Waals surface area contributed by atoms with E-state index < -0.39 is 10.0 Å². The number of sulfonamides is 1. The molecule has 0 aliphatic heterocycles. The zero-order valence-corrected chi connectivity index (χ0v) is 18.9. The Balaban J connectivity index is 1.87. The molecule has 0 spiro atoms. The summed E-state index contributed by atoms with van der Waals surface area (Å²) in [5.74, 6) is 0.776. The van der Waals surface area contributed by atoms with Crippen LogP contribution in [0.3, 0.4) is 0 Å². The summed E-state index contributed by atoms with van der Waals surface area (Å²) < 4.78 is 32.9. The maximum absolute atomic E-state index is 11.5. The summed E-state index contributed by atoms with van der Waals surface area (Å²) in [5.41, 5.74) is 5.73. The van der Waals surface area contributed by atoms with Crippen LogP contribution in [0.1, 0.15) is 12.5 Å². The Morgan fingerprint density at radius 3 is 2.31 bits per heavy atom. The van der Waals surface area contributed by atoms with Crippen molar-refractivity contribution in [1.29, 1.82) is 5.26 Å². The van der Waals surface area contributed by atoms with Crippen LogP contribution in [-0.4, -0.2) is 26.4 Å². The second-order valence-electron chi connectivity index (χ2n) is 7.50. The zero-order valence-electron chi connectivity index (χ0n) is 18.1. The predicted molar refractivity (Wildman–Crippen MR) is 128 cm³/mol. The number of hydrogen-bond acceptors (Lipinski definition) is 4. The van der Waals surface area contributed by atoms with Gasteiger partial charge in [0.1, 0.15) is 11.8 Å². The Morgan fingerprint density at radius 2 is 1.69 bits per heavy atom. The SMILES string of the molecule is CCn1c(-c2ccc(NS(C)(=O)=O)cc2)c(C#N)c2cc(-c3cccc(OC)c3)ccc21. The lowest BCUT2D eigenvalue weighted by Crippen LogP contribution is -2.09. The number of anilines is 1. The number of nitrogens with zero attached hydrogens (tertiary/aromatic N) is 2. The highest BCUT2D eigenvalue weighted by Crippen LogP contribution is 2.36. The van der Waals surface area contributed by atoms with E-state index in [4.69, 9.17) is 4.74 Å². The quantitative estimate of drug-likeness (QED) is 0.439. The van der Waals surface area contributed by atoms with Crippen molar-refractivity contribution in [3.05, 3.63) is 72.3 Å². The molecule has 6 nitrogen and oxygen atoms in total. The van der Waals surface area contributed by atoms with Gasteiger partial charge in [-0.2, -0.15) is 5.26 Å². The fourth-order valence-electron chi connectivity index (χ4n) is 3.99. The van der Waals surface area contributed by atoms with Crippen LogP contribution in [-0.2, 0) is 16.6 Å². The van der Waals surface area contributed by atoms with Crippen molar-refractivity contribution in [1.82, 2.24) is 4.57 Å². The highest BCUT2D eigenvalue weighted by atomic mass is 32.2. The van der Waals surface area contributed by atoms with E-state index in [0.29, 0.717) is 17.8 Å². The maximum atomic E-state index is 11.5. The molecule has 0 atom stereocenters. The molecular weight excluding hydrogens is 422 g/mol. The lowest BCUT2D eigenvalue weighted by atomic mass is 10.0. The fourth-order valence-corrected chi connectivity index (χ4v) is 4.55. The number of fused-ring (bicyclic) bond motifs is 1. The molecule has 0 fully saturated rings. The van der Waals surface area contributed by atoms with Crippen molar-refractivity contribution >= 4 is 26.6 Å². The minimum absolute atomic E-state index is 0.481. The molecule has 4 rings (SSSR count). The molecule has 7 heteroatoms. The standard InChI is InChI=1S/C25H23N3O3S/c1-4-28-24-13-10-19(18-6-5-7-21(14-18)31-2)15-22(24)23(16-26)25(28)17-8-11-20(12-9-17)27-32(3,29)30/h5-15,27H,4H2,1-3H3. The number of aromatic nitrogens is 1. The lowest BCUT2D eigenvalue weighted by Gasteiger charge is -2.10. The molecule has 0 unspecified atom stereocenters. The van der Waals surface area contributed by atoms with Gasteiger partial charge in [0.2, 0.25) is 10.0 Å². The largest absolute Gasteiger partial charge is 0.497 e. The van der Waals surface area contributed by atoms with Crippen molar-refractivity contribution in [3.63, 3.8) is 0 Å². The number of aryl methyl sites for hydroxylation is 1. The molecule has 162 valence electrons. The average molecular weight is 446 g/mol. The topological polar surface area (TPSA) is 84.1 Å². The summed E-state index contributed by atoms with van der Waals surface area (Å²) in [5, 5.41) is 10.9. The highest BCUT2D eigenvalue weighted by Gasteiger charge is 2.19. The van der Waals surface area contributed by atoms with E-state index in [1.54, 1.807) is 19.2 Å². The van der Waals surface area contributed by atoms with E-state index in [-0.39, 0.29) is 0 Å². The number of benzene rings is 3. The van der Waals surface area contributed by atoms with Gasteiger partial charge in [-0.1, -0.05) is 30.3 Å². The number of ether oxygens (including phenoxy) is 1. The normalized spacial score (nSPS) is 11.3. The van der Waals surface area contributed by atoms with Gasteiger partial charge in [-0.25, -0.2) is 8.42 Å². The van der Waals surface area contributed by atoms with Gasteiger partial charge in [-0.15, -0.1) is 0 Å². The zero-order chi connectivity index (χ0) is 22.9. The van der Waals surface area contributed by atoms with Crippen LogP contribution in [0.5, 0.6) is 5.75 Å². The highest BCUT2D eigenvalue weighted by molar-refractivity contribution is 7.92. The van der Waals surface area contributed by atoms with Crippen LogP contribution in [0.2, 0.25) is 0 Å². The maximum Gasteiger partial charge on any atom is 0.229 e. The van der Waals surface area contributed by atoms with Gasteiger partial charge in [-0.05, 0) is 60.0 Å². The Labute approximate surface area is 187 Å². The smallest absolute Gasteiger partial charge is 0.229 e. The van der Waals surface area contributed by atoms with Crippen molar-refractivity contribution in [2.75, 3.05) is 18.1 Å². The number of nitriles is 1. The van der Waals surface area contributed by atoms with Gasteiger partial charge < -0.3 is 9.30 Å². The summed E-state index contributed by atoms with van der Waals surface area (Å²) in [7, 11) is -1.71. The van der Waals surface area contributed by atoms with E-state index in [0.717, 1.165) is 45.3 Å². The fraction of sp³-hybridized carbons (Fsp3) is 0.160. The first kappa shape index (κ1) is 21.5. The van der Waals surface area contributed by atoms with E-state index in [2.05, 4.69) is 15.4 Å². The first-order chi connectivity index (χ1) is 15.3. The van der Waals surface area contributed by atoms with Gasteiger partial charge in [-0.3, -0.25) is 4.72 Å². The van der Waals surface area contributed by atoms with Gasteiger partial charge in [0.05, 0.1) is 24.6 Å². The minimum atomic E-state index is -3.35. The molecule has 0 saturated heterocycles. The summed E-state index contributed by atoms with van der Waals surface area (Å²) in [6, 6.07) is 23.4. The summed E-state index contributed by atoms with van der Waals surface area (Å²) in [6.45, 7) is 2.73. The molecule has 1 N–H and O–H groups in total. The molecule has 3 aromatic carbocycles. The Bertz CT molecular complexity index is 1450. The number of hydrogen-bond donors (Lipinski definition) is 1. The lowest BCUT2D eigenvalue weighted by molar-refractivity contribution is 0.415. The van der Waals surface area contributed by atoms with Crippen molar-refractivity contribution < 1.29 is 13.2 Å². The van der Waals surface area contributed by atoms with Crippen LogP contribution in [0.25, 0.3) is 33.3 Å². The van der Waals surface area contributed by atoms with Crippen molar-refractivity contribution in [2.24, 2.45) is 0 Å². The average Bonchev–Trinajstić information content (AvgIpc) is 3.11. The molecule has 1 heterocycles. The van der Waals surface area contributed by atoms with E-state index in [1.165, 1.54) is 0 Å². The first-order valence-electron chi connectivity index (χ1n) is 10.1. The molecular formula is C25H23N3O3S. The van der Waals surface area contributed by atoms with Crippen LogP contribution in [0.15, 0.2) is 66.7 Å². The molecule has 0 bridgehead atoms. The second-order valence-corrected chi connectivity index (χ2v) is 9.24. The molecule has 0 radical (unpaired) electrons. The van der Waals surface area contributed by atoms with Gasteiger partial charge in [0, 0.05) is 23.1 Å². The van der Waals surface area contributed by atoms with Gasteiger partial charge in [0.25, 0.3) is 0 Å².